The molecule has 3 nitrogen and oxygen atoms in total. The number of rotatable bonds is 4. The summed E-state index contributed by atoms with van der Waals surface area (Å²) in [6.07, 6.45) is 1.87. The standard InChI is InChI=1S/C12H13ClO3/c1-8(2)5-6-16-11-7-9(13)3-4-10(11)12(14)15/h3-5,7H,6H2,1-2H3,(H,14,15). The molecule has 0 fully saturated rings. The molecule has 0 aliphatic rings. The van der Waals surface area contributed by atoms with E-state index in [-0.39, 0.29) is 11.3 Å². The van der Waals surface area contributed by atoms with Crippen LogP contribution in [0.1, 0.15) is 24.2 Å². The van der Waals surface area contributed by atoms with Crippen molar-refractivity contribution in [3.63, 3.8) is 0 Å². The molecule has 0 aliphatic heterocycles. The Bertz CT molecular complexity index is 420. The molecule has 1 rings (SSSR count). The molecule has 1 aromatic carbocycles. The largest absolute Gasteiger partial charge is 0.489 e. The Kier molecular flexibility index (Phi) is 4.38. The van der Waals surface area contributed by atoms with Crippen molar-refractivity contribution in [1.82, 2.24) is 0 Å². The van der Waals surface area contributed by atoms with Crippen molar-refractivity contribution in [2.75, 3.05) is 6.61 Å². The molecule has 0 aromatic heterocycles. The predicted molar refractivity (Wildman–Crippen MR) is 63.3 cm³/mol. The summed E-state index contributed by atoms with van der Waals surface area (Å²) in [5, 5.41) is 9.38. The lowest BCUT2D eigenvalue weighted by Gasteiger charge is -2.07. The summed E-state index contributed by atoms with van der Waals surface area (Å²) < 4.78 is 5.35. The minimum atomic E-state index is -1.02. The van der Waals surface area contributed by atoms with Crippen molar-refractivity contribution in [2.24, 2.45) is 0 Å². The summed E-state index contributed by atoms with van der Waals surface area (Å²) >= 11 is 5.77. The molecule has 0 aliphatic carbocycles. The lowest BCUT2D eigenvalue weighted by Crippen LogP contribution is -2.03. The monoisotopic (exact) mass is 240 g/mol. The molecule has 86 valence electrons. The van der Waals surface area contributed by atoms with E-state index in [9.17, 15) is 4.79 Å². The first-order chi connectivity index (χ1) is 7.50. The maximum Gasteiger partial charge on any atom is 0.339 e. The van der Waals surface area contributed by atoms with Crippen molar-refractivity contribution in [1.29, 1.82) is 0 Å². The van der Waals surface area contributed by atoms with E-state index in [1.54, 1.807) is 0 Å². The molecule has 0 bridgehead atoms. The first kappa shape index (κ1) is 12.6. The Morgan fingerprint density at radius 2 is 2.19 bits per heavy atom. The van der Waals surface area contributed by atoms with Crippen molar-refractivity contribution in [3.05, 3.63) is 40.4 Å². The third-order valence-electron chi connectivity index (χ3n) is 1.90. The molecule has 0 atom stereocenters. The van der Waals surface area contributed by atoms with Crippen LogP contribution in [0.3, 0.4) is 0 Å². The molecule has 0 amide bonds. The van der Waals surface area contributed by atoms with Crippen LogP contribution in [0, 0.1) is 0 Å². The van der Waals surface area contributed by atoms with Gasteiger partial charge in [-0.25, -0.2) is 4.79 Å². The van der Waals surface area contributed by atoms with Crippen LogP contribution < -0.4 is 4.74 Å². The van der Waals surface area contributed by atoms with Gasteiger partial charge in [0.25, 0.3) is 0 Å². The van der Waals surface area contributed by atoms with Crippen LogP contribution in [0.15, 0.2) is 29.8 Å². The molecule has 4 heteroatoms. The number of benzene rings is 1. The fourth-order valence-electron chi connectivity index (χ4n) is 1.09. The van der Waals surface area contributed by atoms with Gasteiger partial charge in [-0.15, -0.1) is 0 Å². The predicted octanol–water partition coefficient (Wildman–Crippen LogP) is 3.38. The Hall–Kier alpha value is -1.48. The van der Waals surface area contributed by atoms with Gasteiger partial charge in [-0.3, -0.25) is 0 Å². The average Bonchev–Trinajstić information content (AvgIpc) is 2.16. The number of allylic oxidation sites excluding steroid dienone is 1. The highest BCUT2D eigenvalue weighted by atomic mass is 35.5. The Morgan fingerprint density at radius 1 is 1.50 bits per heavy atom. The van der Waals surface area contributed by atoms with E-state index < -0.39 is 5.97 Å². The highest BCUT2D eigenvalue weighted by molar-refractivity contribution is 6.30. The summed E-state index contributed by atoms with van der Waals surface area (Å²) in [4.78, 5) is 10.9. The van der Waals surface area contributed by atoms with Crippen LogP contribution in [0.5, 0.6) is 5.75 Å². The van der Waals surface area contributed by atoms with Crippen molar-refractivity contribution < 1.29 is 14.6 Å². The lowest BCUT2D eigenvalue weighted by atomic mass is 10.2. The minimum absolute atomic E-state index is 0.117. The zero-order chi connectivity index (χ0) is 12.1. The van der Waals surface area contributed by atoms with E-state index in [1.165, 1.54) is 18.2 Å². The third-order valence-corrected chi connectivity index (χ3v) is 2.14. The van der Waals surface area contributed by atoms with E-state index in [4.69, 9.17) is 21.4 Å². The van der Waals surface area contributed by atoms with Gasteiger partial charge in [0.15, 0.2) is 0 Å². The zero-order valence-electron chi connectivity index (χ0n) is 9.16. The Balaban J connectivity index is 2.88. The van der Waals surface area contributed by atoms with Crippen molar-refractivity contribution >= 4 is 17.6 Å². The van der Waals surface area contributed by atoms with E-state index in [0.717, 1.165) is 5.57 Å². The number of carboxylic acids is 1. The number of hydrogen-bond acceptors (Lipinski definition) is 2. The minimum Gasteiger partial charge on any atom is -0.489 e. The second kappa shape index (κ2) is 5.56. The molecule has 0 radical (unpaired) electrons. The van der Waals surface area contributed by atoms with Crippen LogP contribution in [0.25, 0.3) is 0 Å². The van der Waals surface area contributed by atoms with E-state index in [0.29, 0.717) is 11.6 Å². The highest BCUT2D eigenvalue weighted by Crippen LogP contribution is 2.23. The number of halogens is 1. The Labute approximate surface area is 99.3 Å². The molecule has 1 aromatic rings. The molecule has 16 heavy (non-hydrogen) atoms. The van der Waals surface area contributed by atoms with Crippen molar-refractivity contribution in [2.45, 2.75) is 13.8 Å². The van der Waals surface area contributed by atoms with Gasteiger partial charge in [-0.1, -0.05) is 17.2 Å². The number of carboxylic acid groups (broad SMARTS) is 1. The van der Waals surface area contributed by atoms with Gasteiger partial charge in [0.05, 0.1) is 0 Å². The second-order valence-electron chi connectivity index (χ2n) is 3.54. The quantitative estimate of drug-likeness (QED) is 0.821. The summed E-state index contributed by atoms with van der Waals surface area (Å²) in [7, 11) is 0. The summed E-state index contributed by atoms with van der Waals surface area (Å²) in [5.74, 6) is -0.735. The third kappa shape index (κ3) is 3.59. The van der Waals surface area contributed by atoms with Gasteiger partial charge in [-0.2, -0.15) is 0 Å². The van der Waals surface area contributed by atoms with E-state index in [1.807, 2.05) is 19.9 Å². The number of aromatic carboxylic acids is 1. The van der Waals surface area contributed by atoms with Gasteiger partial charge in [-0.05, 0) is 38.1 Å². The maximum absolute atomic E-state index is 10.9. The summed E-state index contributed by atoms with van der Waals surface area (Å²) in [6.45, 7) is 4.22. The lowest BCUT2D eigenvalue weighted by molar-refractivity contribution is 0.0693. The molecule has 1 N–H and O–H groups in total. The molecular formula is C12H13ClO3. The normalized spacial score (nSPS) is 9.69. The smallest absolute Gasteiger partial charge is 0.339 e. The van der Waals surface area contributed by atoms with Crippen LogP contribution >= 0.6 is 11.6 Å². The van der Waals surface area contributed by atoms with Gasteiger partial charge in [0, 0.05) is 5.02 Å². The highest BCUT2D eigenvalue weighted by Gasteiger charge is 2.11. The first-order valence-electron chi connectivity index (χ1n) is 4.79. The topological polar surface area (TPSA) is 46.5 Å². The fraction of sp³-hybridized carbons (Fsp3) is 0.250. The average molecular weight is 241 g/mol. The molecule has 0 spiro atoms. The fourth-order valence-corrected chi connectivity index (χ4v) is 1.25. The van der Waals surface area contributed by atoms with E-state index in [2.05, 4.69) is 0 Å². The van der Waals surface area contributed by atoms with Gasteiger partial charge >= 0.3 is 5.97 Å². The zero-order valence-corrected chi connectivity index (χ0v) is 9.91. The molecule has 0 saturated heterocycles. The SMILES string of the molecule is CC(C)=CCOc1cc(Cl)ccc1C(=O)O. The summed E-state index contributed by atoms with van der Waals surface area (Å²) in [5.41, 5.74) is 1.23. The van der Waals surface area contributed by atoms with Crippen molar-refractivity contribution in [3.8, 4) is 5.75 Å². The van der Waals surface area contributed by atoms with Gasteiger partial charge in [0.1, 0.15) is 17.9 Å². The number of ether oxygens (including phenoxy) is 1. The van der Waals surface area contributed by atoms with Crippen LogP contribution in [-0.4, -0.2) is 17.7 Å². The maximum atomic E-state index is 10.9. The molecule has 0 unspecified atom stereocenters. The van der Waals surface area contributed by atoms with Crippen LogP contribution in [0.2, 0.25) is 5.02 Å². The number of carbonyl (C=O) groups is 1. The van der Waals surface area contributed by atoms with E-state index >= 15 is 0 Å². The molecular weight excluding hydrogens is 228 g/mol. The van der Waals surface area contributed by atoms with Crippen LogP contribution in [0.4, 0.5) is 0 Å². The molecule has 0 saturated carbocycles. The Morgan fingerprint density at radius 3 is 2.75 bits per heavy atom. The van der Waals surface area contributed by atoms with Gasteiger partial charge in [0.2, 0.25) is 0 Å². The van der Waals surface area contributed by atoms with Crippen LogP contribution in [-0.2, 0) is 0 Å². The summed E-state index contributed by atoms with van der Waals surface area (Å²) in [6, 6.07) is 4.46. The second-order valence-corrected chi connectivity index (χ2v) is 3.97. The molecule has 0 heterocycles. The first-order valence-corrected chi connectivity index (χ1v) is 5.17. The number of hydrogen-bond donors (Lipinski definition) is 1. The van der Waals surface area contributed by atoms with Gasteiger partial charge < -0.3 is 9.84 Å².